The van der Waals surface area contributed by atoms with Crippen molar-refractivity contribution in [2.75, 3.05) is 27.0 Å². The average Bonchev–Trinajstić information content (AvgIpc) is 3.63. The Bertz CT molecular complexity index is 1480. The third kappa shape index (κ3) is 5.76. The van der Waals surface area contributed by atoms with Gasteiger partial charge in [0.1, 0.15) is 5.75 Å². The Morgan fingerprint density at radius 2 is 1.73 bits per heavy atom. The van der Waals surface area contributed by atoms with E-state index in [2.05, 4.69) is 64.1 Å². The summed E-state index contributed by atoms with van der Waals surface area (Å²) in [4.78, 5) is 15.8. The molecule has 2 heterocycles. The van der Waals surface area contributed by atoms with Crippen LogP contribution in [0.2, 0.25) is 0 Å². The Labute approximate surface area is 235 Å². The van der Waals surface area contributed by atoms with Gasteiger partial charge in [-0.1, -0.05) is 66.7 Å². The molecule has 40 heavy (non-hydrogen) atoms. The molecule has 1 amide bonds. The van der Waals surface area contributed by atoms with Gasteiger partial charge in [0, 0.05) is 37.6 Å². The van der Waals surface area contributed by atoms with E-state index >= 15 is 0 Å². The number of rotatable bonds is 10. The number of hydrogen-bond acceptors (Lipinski definition) is 6. The zero-order valence-electron chi connectivity index (χ0n) is 22.8. The molecule has 0 unspecified atom stereocenters. The third-order valence-electron chi connectivity index (χ3n) is 7.86. The van der Waals surface area contributed by atoms with Crippen molar-refractivity contribution >= 4 is 16.7 Å². The second kappa shape index (κ2) is 12.0. The van der Waals surface area contributed by atoms with E-state index in [1.54, 1.807) is 7.11 Å². The molecule has 6 rings (SSSR count). The third-order valence-corrected chi connectivity index (χ3v) is 7.86. The highest BCUT2D eigenvalue weighted by Gasteiger charge is 2.36. The van der Waals surface area contributed by atoms with E-state index in [9.17, 15) is 4.79 Å². The van der Waals surface area contributed by atoms with E-state index in [-0.39, 0.29) is 24.8 Å². The van der Waals surface area contributed by atoms with E-state index in [1.165, 1.54) is 16.5 Å². The summed E-state index contributed by atoms with van der Waals surface area (Å²) < 4.78 is 16.5. The topological polar surface area (TPSA) is 72.1 Å². The minimum atomic E-state index is -0.193. The lowest BCUT2D eigenvalue weighted by atomic mass is 10.0. The molecule has 7 heteroatoms. The highest BCUT2D eigenvalue weighted by Crippen LogP contribution is 2.33. The molecule has 0 bridgehead atoms. The van der Waals surface area contributed by atoms with E-state index in [0.29, 0.717) is 6.54 Å². The van der Waals surface area contributed by atoms with Gasteiger partial charge in [0.15, 0.2) is 11.5 Å². The minimum Gasteiger partial charge on any atom is -0.496 e. The summed E-state index contributed by atoms with van der Waals surface area (Å²) in [6.45, 7) is 3.11. The van der Waals surface area contributed by atoms with Crippen molar-refractivity contribution in [2.45, 2.75) is 38.0 Å². The fourth-order valence-electron chi connectivity index (χ4n) is 5.78. The molecular formula is C33H35N3O4. The molecule has 0 aromatic heterocycles. The molecule has 4 aromatic carbocycles. The van der Waals surface area contributed by atoms with Crippen LogP contribution in [-0.2, 0) is 24.3 Å². The molecule has 2 aliphatic heterocycles. The number of nitrogens with one attached hydrogen (secondary N) is 2. The van der Waals surface area contributed by atoms with Crippen LogP contribution in [0.3, 0.4) is 0 Å². The minimum absolute atomic E-state index is 0.0795. The quantitative estimate of drug-likeness (QED) is 0.306. The van der Waals surface area contributed by atoms with Gasteiger partial charge in [0.05, 0.1) is 13.2 Å². The number of carbonyl (C=O) groups is 1. The van der Waals surface area contributed by atoms with Crippen LogP contribution in [0.4, 0.5) is 0 Å². The molecule has 0 aliphatic carbocycles. The number of fused-ring (bicyclic) bond motifs is 2. The highest BCUT2D eigenvalue weighted by atomic mass is 16.7. The molecule has 2 aliphatic rings. The molecule has 0 spiro atoms. The van der Waals surface area contributed by atoms with E-state index in [0.717, 1.165) is 60.7 Å². The first-order valence-corrected chi connectivity index (χ1v) is 13.9. The van der Waals surface area contributed by atoms with Gasteiger partial charge in [-0.25, -0.2) is 0 Å². The summed E-state index contributed by atoms with van der Waals surface area (Å²) >= 11 is 0. The van der Waals surface area contributed by atoms with Crippen molar-refractivity contribution in [2.24, 2.45) is 0 Å². The maximum atomic E-state index is 13.4. The first-order valence-electron chi connectivity index (χ1n) is 13.9. The summed E-state index contributed by atoms with van der Waals surface area (Å²) in [5.74, 6) is 2.51. The summed E-state index contributed by atoms with van der Waals surface area (Å²) in [6, 6.07) is 28.8. The van der Waals surface area contributed by atoms with Crippen LogP contribution in [0.15, 0.2) is 84.9 Å². The normalized spacial score (nSPS) is 18.2. The molecule has 206 valence electrons. The second-order valence-electron chi connectivity index (χ2n) is 10.4. The number of hydrogen-bond donors (Lipinski definition) is 2. The highest BCUT2D eigenvalue weighted by molar-refractivity contribution is 5.91. The fourth-order valence-corrected chi connectivity index (χ4v) is 5.78. The predicted octanol–water partition coefficient (Wildman–Crippen LogP) is 4.67. The molecule has 7 nitrogen and oxygen atoms in total. The first-order chi connectivity index (χ1) is 19.7. The zero-order chi connectivity index (χ0) is 27.3. The molecule has 4 aromatic rings. The van der Waals surface area contributed by atoms with Crippen molar-refractivity contribution in [1.82, 2.24) is 15.5 Å². The van der Waals surface area contributed by atoms with E-state index < -0.39 is 0 Å². The number of likely N-dealkylation sites (tertiary alicyclic amines) is 1. The van der Waals surface area contributed by atoms with Crippen molar-refractivity contribution in [3.05, 3.63) is 102 Å². The van der Waals surface area contributed by atoms with Gasteiger partial charge < -0.3 is 24.8 Å². The Hall–Kier alpha value is -4.07. The number of amides is 1. The van der Waals surface area contributed by atoms with Gasteiger partial charge in [0.2, 0.25) is 12.7 Å². The standard InChI is InChI=1S/C33H35N3O4/c1-38-30-14-12-25(27-9-5-6-10-28(27)30)19-35-26-18-29(36(21-26)20-24-7-3-2-4-8-24)33(37)34-16-15-23-11-13-31-32(17-23)40-22-39-31/h2-14,17,26,29,35H,15-16,18-22H2,1H3,(H,34,37)/t26-,29+/m1/s1. The summed E-state index contributed by atoms with van der Waals surface area (Å²) in [6.07, 6.45) is 1.50. The number of benzene rings is 4. The molecule has 2 N–H and O–H groups in total. The maximum Gasteiger partial charge on any atom is 0.237 e. The predicted molar refractivity (Wildman–Crippen MR) is 156 cm³/mol. The van der Waals surface area contributed by atoms with Crippen molar-refractivity contribution < 1.29 is 19.0 Å². The lowest BCUT2D eigenvalue weighted by Gasteiger charge is -2.23. The smallest absolute Gasteiger partial charge is 0.237 e. The number of nitrogens with zero attached hydrogens (tertiary/aromatic N) is 1. The molecular weight excluding hydrogens is 502 g/mol. The summed E-state index contributed by atoms with van der Waals surface area (Å²) in [7, 11) is 1.71. The second-order valence-corrected chi connectivity index (χ2v) is 10.4. The number of carbonyl (C=O) groups excluding carboxylic acids is 1. The van der Waals surface area contributed by atoms with Gasteiger partial charge in [-0.2, -0.15) is 0 Å². The zero-order valence-corrected chi connectivity index (χ0v) is 22.8. The number of ether oxygens (including phenoxy) is 3. The van der Waals surface area contributed by atoms with Crippen molar-refractivity contribution in [1.29, 1.82) is 0 Å². The Morgan fingerprint density at radius 1 is 0.925 bits per heavy atom. The molecule has 1 fully saturated rings. The number of methoxy groups -OCH3 is 1. The maximum absolute atomic E-state index is 13.4. The molecule has 0 radical (unpaired) electrons. The van der Waals surface area contributed by atoms with Crippen molar-refractivity contribution in [3.8, 4) is 17.2 Å². The lowest BCUT2D eigenvalue weighted by Crippen LogP contribution is -2.43. The van der Waals surface area contributed by atoms with Crippen LogP contribution in [0.1, 0.15) is 23.1 Å². The Morgan fingerprint density at radius 3 is 2.58 bits per heavy atom. The lowest BCUT2D eigenvalue weighted by molar-refractivity contribution is -0.125. The van der Waals surface area contributed by atoms with Gasteiger partial charge in [0.25, 0.3) is 0 Å². The van der Waals surface area contributed by atoms with Crippen LogP contribution < -0.4 is 24.8 Å². The van der Waals surface area contributed by atoms with E-state index in [1.807, 2.05) is 36.4 Å². The largest absolute Gasteiger partial charge is 0.496 e. The van der Waals surface area contributed by atoms with Crippen LogP contribution in [0, 0.1) is 0 Å². The first kappa shape index (κ1) is 26.2. The van der Waals surface area contributed by atoms with Gasteiger partial charge in [-0.3, -0.25) is 9.69 Å². The average molecular weight is 538 g/mol. The van der Waals surface area contributed by atoms with Crippen molar-refractivity contribution in [3.63, 3.8) is 0 Å². The van der Waals surface area contributed by atoms with Gasteiger partial charge in [-0.05, 0) is 53.1 Å². The summed E-state index contributed by atoms with van der Waals surface area (Å²) in [5.41, 5.74) is 3.55. The van der Waals surface area contributed by atoms with Crippen LogP contribution in [0.25, 0.3) is 10.8 Å². The Kier molecular flexibility index (Phi) is 7.84. The molecule has 2 atom stereocenters. The summed E-state index contributed by atoms with van der Waals surface area (Å²) in [5, 5.41) is 9.24. The fraction of sp³-hybridized carbons (Fsp3) is 0.303. The van der Waals surface area contributed by atoms with Crippen LogP contribution >= 0.6 is 0 Å². The van der Waals surface area contributed by atoms with Gasteiger partial charge >= 0.3 is 0 Å². The molecule has 0 saturated carbocycles. The Balaban J connectivity index is 1.11. The van der Waals surface area contributed by atoms with E-state index in [4.69, 9.17) is 14.2 Å². The van der Waals surface area contributed by atoms with Crippen LogP contribution in [0.5, 0.6) is 17.2 Å². The van der Waals surface area contributed by atoms with Gasteiger partial charge in [-0.15, -0.1) is 0 Å². The molecule has 1 saturated heterocycles. The SMILES string of the molecule is COc1ccc(CN[C@@H]2C[C@@H](C(=O)NCCc3ccc4c(c3)OCO4)N(Cc3ccccc3)C2)c2ccccc12. The monoisotopic (exact) mass is 537 g/mol. The van der Waals surface area contributed by atoms with Crippen LogP contribution in [-0.4, -0.2) is 49.9 Å².